The first-order valence-corrected chi connectivity index (χ1v) is 11.9. The summed E-state index contributed by atoms with van der Waals surface area (Å²) in [6, 6.07) is 21.9. The molecule has 0 radical (unpaired) electrons. The predicted molar refractivity (Wildman–Crippen MR) is 126 cm³/mol. The Morgan fingerprint density at radius 2 is 1.38 bits per heavy atom. The van der Waals surface area contributed by atoms with Crippen LogP contribution < -0.4 is 5.32 Å². The van der Waals surface area contributed by atoms with E-state index in [9.17, 15) is 18.0 Å². The normalized spacial score (nSPS) is 11.3. The van der Waals surface area contributed by atoms with Crippen molar-refractivity contribution in [3.63, 3.8) is 0 Å². The summed E-state index contributed by atoms with van der Waals surface area (Å²) in [5, 5.41) is 3.05. The molecule has 166 valence electrons. The number of anilines is 1. The Morgan fingerprint density at radius 1 is 0.781 bits per heavy atom. The van der Waals surface area contributed by atoms with E-state index < -0.39 is 10.0 Å². The smallest absolute Gasteiger partial charge is 0.243 e. The summed E-state index contributed by atoms with van der Waals surface area (Å²) >= 11 is 0. The van der Waals surface area contributed by atoms with E-state index in [1.54, 1.807) is 62.4 Å². The standard InChI is InChI=1S/C25H26N2O4S/c1-3-27(4-2)32(30,31)21-16-14-19(15-17-21)24(28)18-26-23-13-9-8-12-22(23)25(29)20-10-6-5-7-11-20/h5-17,26H,3-4,18H2,1-2H3. The zero-order valence-electron chi connectivity index (χ0n) is 18.1. The van der Waals surface area contributed by atoms with Crippen LogP contribution in [0.5, 0.6) is 0 Å². The molecule has 0 aliphatic rings. The molecule has 0 aliphatic heterocycles. The molecule has 32 heavy (non-hydrogen) atoms. The van der Waals surface area contributed by atoms with E-state index in [4.69, 9.17) is 0 Å². The largest absolute Gasteiger partial charge is 0.377 e. The molecule has 0 spiro atoms. The summed E-state index contributed by atoms with van der Waals surface area (Å²) in [5.41, 5.74) is 2.00. The molecular weight excluding hydrogens is 424 g/mol. The Balaban J connectivity index is 1.73. The molecule has 3 aromatic carbocycles. The lowest BCUT2D eigenvalue weighted by Crippen LogP contribution is -2.30. The van der Waals surface area contributed by atoms with Crippen molar-refractivity contribution in [3.8, 4) is 0 Å². The second-order valence-electron chi connectivity index (χ2n) is 7.13. The number of ketones is 2. The maximum atomic E-state index is 12.8. The molecule has 3 rings (SSSR count). The van der Waals surface area contributed by atoms with Crippen LogP contribution in [0.1, 0.15) is 40.1 Å². The number of carbonyl (C=O) groups is 2. The first kappa shape index (κ1) is 23.4. The number of benzene rings is 3. The van der Waals surface area contributed by atoms with E-state index in [1.165, 1.54) is 28.6 Å². The number of sulfonamides is 1. The van der Waals surface area contributed by atoms with Crippen LogP contribution in [0.2, 0.25) is 0 Å². The lowest BCUT2D eigenvalue weighted by molar-refractivity contribution is 0.100. The van der Waals surface area contributed by atoms with Crippen molar-refractivity contribution in [2.45, 2.75) is 18.7 Å². The zero-order valence-corrected chi connectivity index (χ0v) is 18.9. The van der Waals surface area contributed by atoms with Crippen molar-refractivity contribution in [2.75, 3.05) is 25.0 Å². The Hall–Kier alpha value is -3.29. The van der Waals surface area contributed by atoms with Crippen LogP contribution in [0, 0.1) is 0 Å². The van der Waals surface area contributed by atoms with Crippen LogP contribution in [0.15, 0.2) is 83.8 Å². The highest BCUT2D eigenvalue weighted by atomic mass is 32.2. The van der Waals surface area contributed by atoms with Gasteiger partial charge < -0.3 is 5.32 Å². The fourth-order valence-electron chi connectivity index (χ4n) is 3.38. The Morgan fingerprint density at radius 3 is 2.00 bits per heavy atom. The second-order valence-corrected chi connectivity index (χ2v) is 9.07. The minimum atomic E-state index is -3.57. The van der Waals surface area contributed by atoms with Crippen molar-refractivity contribution in [1.82, 2.24) is 4.31 Å². The van der Waals surface area contributed by atoms with Gasteiger partial charge in [0.2, 0.25) is 10.0 Å². The number of hydrogen-bond acceptors (Lipinski definition) is 5. The molecule has 0 fully saturated rings. The van der Waals surface area contributed by atoms with Crippen LogP contribution in [-0.4, -0.2) is 43.9 Å². The number of rotatable bonds is 10. The van der Waals surface area contributed by atoms with Gasteiger partial charge in [-0.05, 0) is 36.4 Å². The third-order valence-electron chi connectivity index (χ3n) is 5.17. The van der Waals surface area contributed by atoms with Crippen LogP contribution >= 0.6 is 0 Å². The minimum absolute atomic E-state index is 0.0266. The molecule has 6 nitrogen and oxygen atoms in total. The van der Waals surface area contributed by atoms with Crippen molar-refractivity contribution in [1.29, 1.82) is 0 Å². The molecule has 0 aromatic heterocycles. The van der Waals surface area contributed by atoms with Crippen LogP contribution in [0.4, 0.5) is 5.69 Å². The average molecular weight is 451 g/mol. The maximum Gasteiger partial charge on any atom is 0.243 e. The summed E-state index contributed by atoms with van der Waals surface area (Å²) < 4.78 is 26.6. The molecule has 0 atom stereocenters. The molecule has 0 saturated carbocycles. The Kier molecular flexibility index (Phi) is 7.56. The fourth-order valence-corrected chi connectivity index (χ4v) is 4.84. The summed E-state index contributed by atoms with van der Waals surface area (Å²) in [7, 11) is -3.57. The summed E-state index contributed by atoms with van der Waals surface area (Å²) in [4.78, 5) is 25.7. The molecular formula is C25H26N2O4S. The fraction of sp³-hybridized carbons (Fsp3) is 0.200. The quantitative estimate of drug-likeness (QED) is 0.467. The van der Waals surface area contributed by atoms with Crippen molar-refractivity contribution >= 4 is 27.3 Å². The van der Waals surface area contributed by atoms with E-state index in [2.05, 4.69) is 5.32 Å². The van der Waals surface area contributed by atoms with Gasteiger partial charge in [-0.1, -0.05) is 56.3 Å². The molecule has 0 saturated heterocycles. The SMILES string of the molecule is CCN(CC)S(=O)(=O)c1ccc(C(=O)CNc2ccccc2C(=O)c2ccccc2)cc1. The van der Waals surface area contributed by atoms with Gasteiger partial charge in [0.25, 0.3) is 0 Å². The molecule has 3 aromatic rings. The van der Waals surface area contributed by atoms with Gasteiger partial charge in [-0.2, -0.15) is 4.31 Å². The molecule has 1 N–H and O–H groups in total. The number of Topliss-reactive ketones (excluding diaryl/α,β-unsaturated/α-hetero) is 1. The molecule has 0 aliphatic carbocycles. The topological polar surface area (TPSA) is 83.6 Å². The highest BCUT2D eigenvalue weighted by Crippen LogP contribution is 2.20. The highest BCUT2D eigenvalue weighted by molar-refractivity contribution is 7.89. The predicted octanol–water partition coefficient (Wildman–Crippen LogP) is 4.24. The maximum absolute atomic E-state index is 12.8. The van der Waals surface area contributed by atoms with E-state index in [0.717, 1.165) is 0 Å². The van der Waals surface area contributed by atoms with Crippen molar-refractivity contribution in [3.05, 3.63) is 95.6 Å². The van der Waals surface area contributed by atoms with Crippen LogP contribution in [0.25, 0.3) is 0 Å². The van der Waals surface area contributed by atoms with Gasteiger partial charge in [-0.3, -0.25) is 9.59 Å². The highest BCUT2D eigenvalue weighted by Gasteiger charge is 2.21. The molecule has 0 heterocycles. The van der Waals surface area contributed by atoms with Gasteiger partial charge in [0.05, 0.1) is 11.4 Å². The summed E-state index contributed by atoms with van der Waals surface area (Å²) in [5.74, 6) is -0.342. The van der Waals surface area contributed by atoms with E-state index in [0.29, 0.717) is 35.5 Å². The molecule has 0 bridgehead atoms. The van der Waals surface area contributed by atoms with Gasteiger partial charge in [0, 0.05) is 35.5 Å². The van der Waals surface area contributed by atoms with Crippen LogP contribution in [-0.2, 0) is 10.0 Å². The zero-order chi connectivity index (χ0) is 23.1. The van der Waals surface area contributed by atoms with E-state index >= 15 is 0 Å². The monoisotopic (exact) mass is 450 g/mol. The van der Waals surface area contributed by atoms with Crippen molar-refractivity contribution in [2.24, 2.45) is 0 Å². The number of carbonyl (C=O) groups excluding carboxylic acids is 2. The first-order chi connectivity index (χ1) is 15.4. The first-order valence-electron chi connectivity index (χ1n) is 10.4. The van der Waals surface area contributed by atoms with E-state index in [-0.39, 0.29) is 23.0 Å². The van der Waals surface area contributed by atoms with Gasteiger partial charge in [-0.15, -0.1) is 0 Å². The number of para-hydroxylation sites is 1. The minimum Gasteiger partial charge on any atom is -0.377 e. The van der Waals surface area contributed by atoms with Gasteiger partial charge in [-0.25, -0.2) is 8.42 Å². The number of nitrogens with one attached hydrogen (secondary N) is 1. The van der Waals surface area contributed by atoms with Crippen molar-refractivity contribution < 1.29 is 18.0 Å². The summed E-state index contributed by atoms with van der Waals surface area (Å²) in [6.07, 6.45) is 0. The van der Waals surface area contributed by atoms with Gasteiger partial charge >= 0.3 is 0 Å². The average Bonchev–Trinajstić information content (AvgIpc) is 2.83. The molecule has 0 amide bonds. The van der Waals surface area contributed by atoms with E-state index in [1.807, 2.05) is 6.07 Å². The third-order valence-corrected chi connectivity index (χ3v) is 7.23. The van der Waals surface area contributed by atoms with Crippen LogP contribution in [0.3, 0.4) is 0 Å². The summed E-state index contributed by atoms with van der Waals surface area (Å²) in [6.45, 7) is 4.30. The Bertz CT molecular complexity index is 1190. The molecule has 7 heteroatoms. The lowest BCUT2D eigenvalue weighted by atomic mass is 10.0. The van der Waals surface area contributed by atoms with Gasteiger partial charge in [0.15, 0.2) is 11.6 Å². The Labute approximate surface area is 188 Å². The third kappa shape index (κ3) is 5.12. The number of nitrogens with zero attached hydrogens (tertiary/aromatic N) is 1. The lowest BCUT2D eigenvalue weighted by Gasteiger charge is -2.18. The molecule has 0 unspecified atom stereocenters. The second kappa shape index (κ2) is 10.3. The van der Waals surface area contributed by atoms with Gasteiger partial charge in [0.1, 0.15) is 0 Å². The number of hydrogen-bond donors (Lipinski definition) is 1.